The van der Waals surface area contributed by atoms with Crippen molar-refractivity contribution in [3.63, 3.8) is 0 Å². The van der Waals surface area contributed by atoms with Gasteiger partial charge in [0.25, 0.3) is 0 Å². The fraction of sp³-hybridized carbons (Fsp3) is 0.222. The summed E-state index contributed by atoms with van der Waals surface area (Å²) in [6, 6.07) is 13.6. The maximum atomic E-state index is 11.9. The second-order valence-electron chi connectivity index (χ2n) is 5.03. The number of nitrogens with one attached hydrogen (secondary N) is 1. The van der Waals surface area contributed by atoms with Gasteiger partial charge in [-0.1, -0.05) is 31.2 Å². The molecule has 0 radical (unpaired) electrons. The van der Waals surface area contributed by atoms with Gasteiger partial charge in [-0.25, -0.2) is 5.43 Å². The Balaban J connectivity index is 1.89. The van der Waals surface area contributed by atoms with Gasteiger partial charge in [0.15, 0.2) is 0 Å². The summed E-state index contributed by atoms with van der Waals surface area (Å²) in [5, 5.41) is 3.98. The van der Waals surface area contributed by atoms with E-state index in [4.69, 9.17) is 4.74 Å². The molecular formula is C18H19BrN2O2. The Morgan fingerprint density at radius 1 is 1.22 bits per heavy atom. The molecule has 0 atom stereocenters. The first-order valence-corrected chi connectivity index (χ1v) is 8.15. The Morgan fingerprint density at radius 3 is 2.52 bits per heavy atom. The van der Waals surface area contributed by atoms with Gasteiger partial charge in [0.05, 0.1) is 24.2 Å². The predicted molar refractivity (Wildman–Crippen MR) is 96.0 cm³/mol. The summed E-state index contributed by atoms with van der Waals surface area (Å²) >= 11 is 3.41. The number of hydrazone groups is 1. The van der Waals surface area contributed by atoms with E-state index in [1.165, 1.54) is 5.56 Å². The van der Waals surface area contributed by atoms with Crippen molar-refractivity contribution in [2.75, 3.05) is 7.11 Å². The third-order valence-electron chi connectivity index (χ3n) is 3.37. The molecule has 2 aromatic carbocycles. The lowest BCUT2D eigenvalue weighted by atomic mass is 10.1. The minimum atomic E-state index is -0.141. The molecule has 23 heavy (non-hydrogen) atoms. The Hall–Kier alpha value is -2.14. The second kappa shape index (κ2) is 8.48. The van der Waals surface area contributed by atoms with Crippen molar-refractivity contribution in [2.24, 2.45) is 5.10 Å². The molecule has 1 amide bonds. The van der Waals surface area contributed by atoms with Gasteiger partial charge in [-0.2, -0.15) is 5.10 Å². The average Bonchev–Trinajstić information content (AvgIpc) is 2.56. The molecule has 1 N–H and O–H groups in total. The SMILES string of the molecule is CCc1ccc(CC(=O)N/N=C/c2ccc(OC)c(Br)c2)cc1. The van der Waals surface area contributed by atoms with E-state index < -0.39 is 0 Å². The summed E-state index contributed by atoms with van der Waals surface area (Å²) in [7, 11) is 1.61. The number of benzene rings is 2. The van der Waals surface area contributed by atoms with Crippen LogP contribution in [0.5, 0.6) is 5.75 Å². The number of amides is 1. The van der Waals surface area contributed by atoms with Crippen LogP contribution in [0.1, 0.15) is 23.6 Å². The Kier molecular flexibility index (Phi) is 6.35. The maximum Gasteiger partial charge on any atom is 0.244 e. The molecule has 4 nitrogen and oxygen atoms in total. The summed E-state index contributed by atoms with van der Waals surface area (Å²) in [4.78, 5) is 11.9. The molecule has 120 valence electrons. The number of rotatable bonds is 6. The van der Waals surface area contributed by atoms with E-state index >= 15 is 0 Å². The van der Waals surface area contributed by atoms with Gasteiger partial charge in [-0.3, -0.25) is 4.79 Å². The quantitative estimate of drug-likeness (QED) is 0.618. The number of methoxy groups -OCH3 is 1. The number of halogens is 1. The lowest BCUT2D eigenvalue weighted by Gasteiger charge is -2.04. The molecule has 0 heterocycles. The molecule has 0 spiro atoms. The smallest absolute Gasteiger partial charge is 0.244 e. The van der Waals surface area contributed by atoms with E-state index in [0.717, 1.165) is 27.8 Å². The fourth-order valence-corrected chi connectivity index (χ4v) is 2.62. The molecule has 0 unspecified atom stereocenters. The first kappa shape index (κ1) is 17.2. The predicted octanol–water partition coefficient (Wildman–Crippen LogP) is 3.71. The van der Waals surface area contributed by atoms with Crippen LogP contribution in [0, 0.1) is 0 Å². The topological polar surface area (TPSA) is 50.7 Å². The van der Waals surface area contributed by atoms with Crippen LogP contribution >= 0.6 is 15.9 Å². The van der Waals surface area contributed by atoms with Crippen LogP contribution in [0.4, 0.5) is 0 Å². The zero-order chi connectivity index (χ0) is 16.7. The largest absolute Gasteiger partial charge is 0.496 e. The van der Waals surface area contributed by atoms with Crippen LogP contribution < -0.4 is 10.2 Å². The van der Waals surface area contributed by atoms with Crippen LogP contribution in [0.2, 0.25) is 0 Å². The highest BCUT2D eigenvalue weighted by Crippen LogP contribution is 2.24. The standard InChI is InChI=1S/C18H19BrN2O2/c1-3-13-4-6-14(7-5-13)11-18(22)21-20-12-15-8-9-17(23-2)16(19)10-15/h4-10,12H,3,11H2,1-2H3,(H,21,22)/b20-12+. The van der Waals surface area contributed by atoms with E-state index in [1.54, 1.807) is 13.3 Å². The molecular weight excluding hydrogens is 356 g/mol. The van der Waals surface area contributed by atoms with E-state index in [2.05, 4.69) is 33.4 Å². The van der Waals surface area contributed by atoms with Crippen molar-refractivity contribution in [1.29, 1.82) is 0 Å². The van der Waals surface area contributed by atoms with Crippen LogP contribution in [-0.2, 0) is 17.6 Å². The van der Waals surface area contributed by atoms with Crippen molar-refractivity contribution in [2.45, 2.75) is 19.8 Å². The van der Waals surface area contributed by atoms with Gasteiger partial charge >= 0.3 is 0 Å². The van der Waals surface area contributed by atoms with Gasteiger partial charge in [-0.05, 0) is 57.2 Å². The molecule has 0 bridgehead atoms. The van der Waals surface area contributed by atoms with Crippen molar-refractivity contribution < 1.29 is 9.53 Å². The molecule has 0 aliphatic carbocycles. The van der Waals surface area contributed by atoms with Crippen molar-refractivity contribution >= 4 is 28.1 Å². The number of hydrogen-bond acceptors (Lipinski definition) is 3. The fourth-order valence-electron chi connectivity index (χ4n) is 2.06. The number of aryl methyl sites for hydroxylation is 1. The van der Waals surface area contributed by atoms with Crippen molar-refractivity contribution in [1.82, 2.24) is 5.43 Å². The molecule has 5 heteroatoms. The molecule has 0 fully saturated rings. The average molecular weight is 375 g/mol. The third-order valence-corrected chi connectivity index (χ3v) is 3.99. The first-order chi connectivity index (χ1) is 11.1. The highest BCUT2D eigenvalue weighted by atomic mass is 79.9. The summed E-state index contributed by atoms with van der Waals surface area (Å²) in [6.45, 7) is 2.11. The normalized spacial score (nSPS) is 10.7. The second-order valence-corrected chi connectivity index (χ2v) is 5.89. The highest BCUT2D eigenvalue weighted by Gasteiger charge is 2.03. The van der Waals surface area contributed by atoms with Crippen LogP contribution in [-0.4, -0.2) is 19.2 Å². The van der Waals surface area contributed by atoms with Crippen LogP contribution in [0.3, 0.4) is 0 Å². The van der Waals surface area contributed by atoms with Gasteiger partial charge in [0.1, 0.15) is 5.75 Å². The molecule has 0 saturated heterocycles. The zero-order valence-corrected chi connectivity index (χ0v) is 14.8. The van der Waals surface area contributed by atoms with Gasteiger partial charge in [0.2, 0.25) is 5.91 Å². The first-order valence-electron chi connectivity index (χ1n) is 7.35. The van der Waals surface area contributed by atoms with Gasteiger partial charge in [-0.15, -0.1) is 0 Å². The molecule has 2 aromatic rings. The number of nitrogens with zero attached hydrogens (tertiary/aromatic N) is 1. The monoisotopic (exact) mass is 374 g/mol. The summed E-state index contributed by atoms with van der Waals surface area (Å²) in [5.41, 5.74) is 5.64. The molecule has 0 saturated carbocycles. The number of hydrogen-bond donors (Lipinski definition) is 1. The van der Waals surface area contributed by atoms with E-state index in [1.807, 2.05) is 42.5 Å². The molecule has 0 aliphatic heterocycles. The van der Waals surface area contributed by atoms with Crippen LogP contribution in [0.15, 0.2) is 52.0 Å². The number of carbonyl (C=O) groups excluding carboxylic acids is 1. The lowest BCUT2D eigenvalue weighted by Crippen LogP contribution is -2.19. The molecule has 0 aliphatic rings. The Labute approximate surface area is 144 Å². The van der Waals surface area contributed by atoms with Gasteiger partial charge < -0.3 is 4.74 Å². The third kappa shape index (κ3) is 5.21. The molecule has 2 rings (SSSR count). The number of carbonyl (C=O) groups is 1. The van der Waals surface area contributed by atoms with Crippen LogP contribution in [0.25, 0.3) is 0 Å². The number of ether oxygens (including phenoxy) is 1. The van der Waals surface area contributed by atoms with E-state index in [9.17, 15) is 4.79 Å². The highest BCUT2D eigenvalue weighted by molar-refractivity contribution is 9.10. The van der Waals surface area contributed by atoms with E-state index in [-0.39, 0.29) is 5.91 Å². The Morgan fingerprint density at radius 2 is 1.91 bits per heavy atom. The summed E-state index contributed by atoms with van der Waals surface area (Å²) in [5.74, 6) is 0.611. The minimum absolute atomic E-state index is 0.141. The maximum absolute atomic E-state index is 11.9. The summed E-state index contributed by atoms with van der Waals surface area (Å²) in [6.07, 6.45) is 2.91. The summed E-state index contributed by atoms with van der Waals surface area (Å²) < 4.78 is 6.00. The van der Waals surface area contributed by atoms with Crippen molar-refractivity contribution in [3.05, 3.63) is 63.6 Å². The zero-order valence-electron chi connectivity index (χ0n) is 13.2. The minimum Gasteiger partial charge on any atom is -0.496 e. The van der Waals surface area contributed by atoms with Gasteiger partial charge in [0, 0.05) is 0 Å². The van der Waals surface area contributed by atoms with E-state index in [0.29, 0.717) is 6.42 Å². The molecule has 0 aromatic heterocycles. The lowest BCUT2D eigenvalue weighted by molar-refractivity contribution is -0.120. The van der Waals surface area contributed by atoms with Crippen molar-refractivity contribution in [3.8, 4) is 5.75 Å². The Bertz CT molecular complexity index is 697.